The van der Waals surface area contributed by atoms with Crippen molar-refractivity contribution in [3.63, 3.8) is 0 Å². The minimum atomic E-state index is -0.940. The molecule has 7 rings (SSSR count). The maximum absolute atomic E-state index is 14.5. The van der Waals surface area contributed by atoms with Gasteiger partial charge in [-0.2, -0.15) is 0 Å². The molecule has 4 aromatic carbocycles. The molecule has 0 N–H and O–H groups in total. The van der Waals surface area contributed by atoms with Crippen molar-refractivity contribution in [2.75, 3.05) is 0 Å². The van der Waals surface area contributed by atoms with Crippen LogP contribution in [0.1, 0.15) is 54.5 Å². The van der Waals surface area contributed by atoms with Crippen LogP contribution >= 0.6 is 31.9 Å². The highest BCUT2D eigenvalue weighted by molar-refractivity contribution is 9.10. The van der Waals surface area contributed by atoms with Crippen molar-refractivity contribution in [2.45, 2.75) is 11.3 Å². The van der Waals surface area contributed by atoms with Gasteiger partial charge in [0.05, 0.1) is 5.41 Å². The van der Waals surface area contributed by atoms with Crippen molar-refractivity contribution < 1.29 is 9.59 Å². The summed E-state index contributed by atoms with van der Waals surface area (Å²) >= 11 is 7.24. The zero-order valence-electron chi connectivity index (χ0n) is 17.8. The summed E-state index contributed by atoms with van der Waals surface area (Å²) in [7, 11) is 0. The van der Waals surface area contributed by atoms with Crippen LogP contribution in [0.4, 0.5) is 0 Å². The second-order valence-electron chi connectivity index (χ2n) is 9.02. The number of fused-ring (bicyclic) bond motifs is 9. The average molecular weight is 568 g/mol. The molecule has 0 fully saturated rings. The van der Waals surface area contributed by atoms with Gasteiger partial charge >= 0.3 is 0 Å². The quantitative estimate of drug-likeness (QED) is 0.237. The van der Waals surface area contributed by atoms with Crippen molar-refractivity contribution in [3.8, 4) is 0 Å². The van der Waals surface area contributed by atoms with Crippen molar-refractivity contribution in [1.29, 1.82) is 0 Å². The predicted octanol–water partition coefficient (Wildman–Crippen LogP) is 7.60. The molecule has 4 heteroatoms. The highest BCUT2D eigenvalue weighted by atomic mass is 79.9. The second-order valence-corrected chi connectivity index (χ2v) is 10.9. The monoisotopic (exact) mass is 566 g/mol. The van der Waals surface area contributed by atoms with Gasteiger partial charge in [-0.05, 0) is 69.8 Å². The highest BCUT2D eigenvalue weighted by Crippen LogP contribution is 2.65. The standard InChI is InChI=1S/C30H16Br2O2/c31-17-10-12-19-22(14-17)25-26(28(19)33)21-8-4-5-9-24(21)30(16-6-2-1-3-7-16)27(25)23-15-18(32)11-13-20(23)29(30)34/h1-15,27H/t27-,30+/m0/s1. The molecule has 0 aromatic heterocycles. The fraction of sp³-hybridized carbons (Fsp3) is 0.0667. The maximum atomic E-state index is 14.5. The molecule has 0 radical (unpaired) electrons. The van der Waals surface area contributed by atoms with Crippen molar-refractivity contribution in [1.82, 2.24) is 0 Å². The number of Topliss-reactive ketones (excluding diaryl/α,β-unsaturated/α-hetero) is 2. The van der Waals surface area contributed by atoms with E-state index in [-0.39, 0.29) is 17.5 Å². The summed E-state index contributed by atoms with van der Waals surface area (Å²) in [6.45, 7) is 0. The van der Waals surface area contributed by atoms with Crippen LogP contribution in [0.15, 0.2) is 99.9 Å². The highest BCUT2D eigenvalue weighted by Gasteiger charge is 2.61. The summed E-state index contributed by atoms with van der Waals surface area (Å²) in [5.74, 6) is -0.192. The van der Waals surface area contributed by atoms with Gasteiger partial charge in [0.15, 0.2) is 11.6 Å². The van der Waals surface area contributed by atoms with Crippen LogP contribution in [0.3, 0.4) is 0 Å². The third-order valence-corrected chi connectivity index (χ3v) is 8.50. The summed E-state index contributed by atoms with van der Waals surface area (Å²) in [6, 6.07) is 29.8. The van der Waals surface area contributed by atoms with Crippen molar-refractivity contribution in [3.05, 3.63) is 139 Å². The molecule has 0 saturated carbocycles. The van der Waals surface area contributed by atoms with Crippen LogP contribution < -0.4 is 0 Å². The summed E-state index contributed by atoms with van der Waals surface area (Å²) in [4.78, 5) is 28.4. The first-order valence-electron chi connectivity index (χ1n) is 11.1. The van der Waals surface area contributed by atoms with Crippen LogP contribution in [0.2, 0.25) is 0 Å². The topological polar surface area (TPSA) is 34.1 Å². The number of hydrogen-bond acceptors (Lipinski definition) is 2. The largest absolute Gasteiger partial charge is 0.293 e. The number of rotatable bonds is 1. The van der Waals surface area contributed by atoms with E-state index in [1.54, 1.807) is 0 Å². The molecule has 2 nitrogen and oxygen atoms in total. The molecule has 0 amide bonds. The van der Waals surface area contributed by atoms with E-state index in [4.69, 9.17) is 0 Å². The SMILES string of the molecule is O=C1C2=C(c3cc(Br)ccc31)[C@@H]1c3cc(Br)ccc3C(=O)[C@]1(c1ccccc1)c1ccccc12. The Hall–Kier alpha value is -3.08. The lowest BCUT2D eigenvalue weighted by Crippen LogP contribution is -2.41. The molecule has 2 atom stereocenters. The Kier molecular flexibility index (Phi) is 4.16. The number of ketones is 2. The number of carbonyl (C=O) groups is 2. The van der Waals surface area contributed by atoms with Gasteiger partial charge in [0, 0.05) is 31.6 Å². The first-order chi connectivity index (χ1) is 16.5. The van der Waals surface area contributed by atoms with Crippen LogP contribution in [-0.4, -0.2) is 11.6 Å². The molecule has 0 saturated heterocycles. The van der Waals surface area contributed by atoms with E-state index >= 15 is 0 Å². The van der Waals surface area contributed by atoms with E-state index in [9.17, 15) is 9.59 Å². The third kappa shape index (κ3) is 2.35. The zero-order chi connectivity index (χ0) is 23.2. The second kappa shape index (κ2) is 6.97. The molecule has 4 aromatic rings. The Balaban J connectivity index is 1.70. The van der Waals surface area contributed by atoms with Gasteiger partial charge in [-0.3, -0.25) is 9.59 Å². The van der Waals surface area contributed by atoms with Crippen LogP contribution in [0, 0.1) is 0 Å². The van der Waals surface area contributed by atoms with E-state index in [1.165, 1.54) is 0 Å². The molecule has 0 unspecified atom stereocenters. The lowest BCUT2D eigenvalue weighted by atomic mass is 9.58. The molecule has 34 heavy (non-hydrogen) atoms. The van der Waals surface area contributed by atoms with Gasteiger partial charge in [-0.15, -0.1) is 0 Å². The van der Waals surface area contributed by atoms with Gasteiger partial charge in [-0.1, -0.05) is 86.5 Å². The first kappa shape index (κ1) is 20.3. The Labute approximate surface area is 213 Å². The Morgan fingerprint density at radius 2 is 1.32 bits per heavy atom. The number of carbonyl (C=O) groups excluding carboxylic acids is 2. The number of benzene rings is 4. The van der Waals surface area contributed by atoms with E-state index < -0.39 is 5.41 Å². The third-order valence-electron chi connectivity index (χ3n) is 7.51. The van der Waals surface area contributed by atoms with Gasteiger partial charge in [0.25, 0.3) is 0 Å². The predicted molar refractivity (Wildman–Crippen MR) is 140 cm³/mol. The fourth-order valence-corrected chi connectivity index (χ4v) is 7.04. The van der Waals surface area contributed by atoms with E-state index in [1.807, 2.05) is 84.9 Å². The average Bonchev–Trinajstić information content (AvgIpc) is 3.28. The summed E-state index contributed by atoms with van der Waals surface area (Å²) in [5, 5.41) is 0. The van der Waals surface area contributed by atoms with Gasteiger partial charge < -0.3 is 0 Å². The number of allylic oxidation sites excluding steroid dienone is 2. The molecule has 0 aliphatic heterocycles. The van der Waals surface area contributed by atoms with Crippen molar-refractivity contribution >= 4 is 54.6 Å². The molecular formula is C30H16Br2O2. The Morgan fingerprint density at radius 1 is 0.647 bits per heavy atom. The van der Waals surface area contributed by atoms with Crippen LogP contribution in [0.25, 0.3) is 11.1 Å². The molecular weight excluding hydrogens is 552 g/mol. The smallest absolute Gasteiger partial charge is 0.194 e. The number of halogens is 2. The Morgan fingerprint density at radius 3 is 2.12 bits per heavy atom. The van der Waals surface area contributed by atoms with Gasteiger partial charge in [-0.25, -0.2) is 0 Å². The first-order valence-corrected chi connectivity index (χ1v) is 12.7. The zero-order valence-corrected chi connectivity index (χ0v) is 21.0. The number of hydrogen-bond donors (Lipinski definition) is 0. The normalized spacial score (nSPS) is 21.6. The van der Waals surface area contributed by atoms with Crippen LogP contribution in [-0.2, 0) is 5.41 Å². The molecule has 0 bridgehead atoms. The molecule has 0 spiro atoms. The lowest BCUT2D eigenvalue weighted by Gasteiger charge is -2.41. The molecule has 0 heterocycles. The summed E-state index contributed by atoms with van der Waals surface area (Å²) < 4.78 is 1.83. The maximum Gasteiger partial charge on any atom is 0.194 e. The minimum absolute atomic E-state index is 0.0301. The molecule has 3 aliphatic carbocycles. The van der Waals surface area contributed by atoms with Crippen molar-refractivity contribution in [2.24, 2.45) is 0 Å². The summed E-state index contributed by atoms with van der Waals surface area (Å²) in [6.07, 6.45) is 0. The van der Waals surface area contributed by atoms with Crippen LogP contribution in [0.5, 0.6) is 0 Å². The van der Waals surface area contributed by atoms with Gasteiger partial charge in [0.2, 0.25) is 0 Å². The summed E-state index contributed by atoms with van der Waals surface area (Å²) in [5.41, 5.74) is 6.74. The Bertz CT molecular complexity index is 1620. The molecule has 3 aliphatic rings. The van der Waals surface area contributed by atoms with E-state index in [2.05, 4.69) is 37.9 Å². The molecule has 162 valence electrons. The van der Waals surface area contributed by atoms with Gasteiger partial charge in [0.1, 0.15) is 0 Å². The van der Waals surface area contributed by atoms with E-state index in [0.29, 0.717) is 5.56 Å². The van der Waals surface area contributed by atoms with E-state index in [0.717, 1.165) is 53.5 Å². The minimum Gasteiger partial charge on any atom is -0.293 e. The lowest BCUT2D eigenvalue weighted by molar-refractivity contribution is 0.0921. The fourth-order valence-electron chi connectivity index (χ4n) is 6.30.